The van der Waals surface area contributed by atoms with E-state index < -0.39 is 0 Å². The monoisotopic (exact) mass is 366 g/mol. The van der Waals surface area contributed by atoms with Crippen molar-refractivity contribution in [3.05, 3.63) is 38.5 Å². The molecule has 1 saturated heterocycles. The normalized spacial score (nSPS) is 21.1. The van der Waals surface area contributed by atoms with Crippen molar-refractivity contribution in [3.8, 4) is 0 Å². The summed E-state index contributed by atoms with van der Waals surface area (Å²) in [5.74, 6) is 0.404. The summed E-state index contributed by atoms with van der Waals surface area (Å²) >= 11 is 3.18. The quantitative estimate of drug-likeness (QED) is 0.851. The molecule has 0 spiro atoms. The standard InChI is InChI=1S/C17H22N2O3S2/c1-11(2)16-5-12(8-24-16)17(20)19-14-3-4-21-7-15(14)22-6-13-9-23-10-18-13/h5,8-11,14-15H,3-4,6-7H2,1-2H3,(H,19,20)/t14-,15-/m1/s1. The molecule has 0 aliphatic carbocycles. The van der Waals surface area contributed by atoms with Crippen LogP contribution >= 0.6 is 22.7 Å². The van der Waals surface area contributed by atoms with Crippen molar-refractivity contribution in [2.24, 2.45) is 0 Å². The van der Waals surface area contributed by atoms with Crippen LogP contribution < -0.4 is 5.32 Å². The minimum atomic E-state index is -0.146. The number of thiazole rings is 1. The summed E-state index contributed by atoms with van der Waals surface area (Å²) < 4.78 is 11.4. The summed E-state index contributed by atoms with van der Waals surface area (Å²) in [5.41, 5.74) is 3.43. The zero-order chi connectivity index (χ0) is 16.9. The molecule has 3 heterocycles. The maximum atomic E-state index is 12.5. The van der Waals surface area contributed by atoms with Crippen molar-refractivity contribution in [3.63, 3.8) is 0 Å². The Balaban J connectivity index is 1.59. The van der Waals surface area contributed by atoms with Gasteiger partial charge in [0.1, 0.15) is 6.10 Å². The number of ether oxygens (including phenoxy) is 2. The van der Waals surface area contributed by atoms with Crippen LogP contribution in [0, 0.1) is 0 Å². The molecule has 2 aromatic heterocycles. The average Bonchev–Trinajstić information content (AvgIpc) is 3.26. The molecule has 0 saturated carbocycles. The lowest BCUT2D eigenvalue weighted by atomic mass is 10.1. The van der Waals surface area contributed by atoms with Gasteiger partial charge in [-0.3, -0.25) is 4.79 Å². The number of nitrogens with zero attached hydrogens (tertiary/aromatic N) is 1. The molecule has 1 fully saturated rings. The number of hydrogen-bond acceptors (Lipinski definition) is 6. The molecule has 1 N–H and O–H groups in total. The molecule has 2 atom stereocenters. The highest BCUT2D eigenvalue weighted by Crippen LogP contribution is 2.23. The fourth-order valence-electron chi connectivity index (χ4n) is 2.57. The zero-order valence-corrected chi connectivity index (χ0v) is 15.5. The van der Waals surface area contributed by atoms with Crippen LogP contribution in [0.4, 0.5) is 0 Å². The minimum absolute atomic E-state index is 0.0349. The van der Waals surface area contributed by atoms with Gasteiger partial charge in [-0.25, -0.2) is 4.98 Å². The van der Waals surface area contributed by atoms with Gasteiger partial charge >= 0.3 is 0 Å². The van der Waals surface area contributed by atoms with Crippen LogP contribution in [0.5, 0.6) is 0 Å². The smallest absolute Gasteiger partial charge is 0.252 e. The van der Waals surface area contributed by atoms with Gasteiger partial charge in [-0.1, -0.05) is 13.8 Å². The zero-order valence-electron chi connectivity index (χ0n) is 13.9. The molecule has 1 aliphatic rings. The number of rotatable bonds is 6. The first-order valence-electron chi connectivity index (χ1n) is 8.09. The molecule has 7 heteroatoms. The fourth-order valence-corrected chi connectivity index (χ4v) is 4.02. The molecule has 0 bridgehead atoms. The lowest BCUT2D eigenvalue weighted by Crippen LogP contribution is -2.49. The third-order valence-electron chi connectivity index (χ3n) is 4.00. The summed E-state index contributed by atoms with van der Waals surface area (Å²) in [6.45, 7) is 5.85. The van der Waals surface area contributed by atoms with Gasteiger partial charge in [0, 0.05) is 22.2 Å². The van der Waals surface area contributed by atoms with Crippen molar-refractivity contribution < 1.29 is 14.3 Å². The number of nitrogens with one attached hydrogen (secondary N) is 1. The highest BCUT2D eigenvalue weighted by atomic mass is 32.1. The van der Waals surface area contributed by atoms with E-state index in [-0.39, 0.29) is 18.1 Å². The first-order valence-corrected chi connectivity index (χ1v) is 9.91. The van der Waals surface area contributed by atoms with E-state index in [0.29, 0.717) is 25.7 Å². The van der Waals surface area contributed by atoms with E-state index >= 15 is 0 Å². The van der Waals surface area contributed by atoms with E-state index in [1.165, 1.54) is 4.88 Å². The first kappa shape index (κ1) is 17.5. The summed E-state index contributed by atoms with van der Waals surface area (Å²) in [7, 11) is 0. The molecule has 1 amide bonds. The van der Waals surface area contributed by atoms with Crippen LogP contribution in [0.15, 0.2) is 22.3 Å². The van der Waals surface area contributed by atoms with Gasteiger partial charge in [0.2, 0.25) is 0 Å². The van der Waals surface area contributed by atoms with E-state index in [1.807, 2.05) is 16.8 Å². The largest absolute Gasteiger partial charge is 0.379 e. The second-order valence-electron chi connectivity index (χ2n) is 6.17. The van der Waals surface area contributed by atoms with E-state index in [4.69, 9.17) is 9.47 Å². The van der Waals surface area contributed by atoms with Crippen LogP contribution in [-0.4, -0.2) is 36.3 Å². The van der Waals surface area contributed by atoms with Crippen LogP contribution in [0.2, 0.25) is 0 Å². The second-order valence-corrected chi connectivity index (χ2v) is 7.83. The second kappa shape index (κ2) is 8.20. The van der Waals surface area contributed by atoms with E-state index in [1.54, 1.807) is 28.2 Å². The molecule has 0 aromatic carbocycles. The Morgan fingerprint density at radius 2 is 2.38 bits per heavy atom. The topological polar surface area (TPSA) is 60.5 Å². The van der Waals surface area contributed by atoms with E-state index in [9.17, 15) is 4.79 Å². The van der Waals surface area contributed by atoms with Gasteiger partial charge in [0.25, 0.3) is 5.91 Å². The third-order valence-corrected chi connectivity index (χ3v) is 5.87. The molecular weight excluding hydrogens is 344 g/mol. The van der Waals surface area contributed by atoms with E-state index in [2.05, 4.69) is 24.1 Å². The highest BCUT2D eigenvalue weighted by Gasteiger charge is 2.28. The Morgan fingerprint density at radius 1 is 1.50 bits per heavy atom. The number of aromatic nitrogens is 1. The van der Waals surface area contributed by atoms with Crippen LogP contribution in [0.25, 0.3) is 0 Å². The van der Waals surface area contributed by atoms with Crippen molar-refractivity contribution in [1.82, 2.24) is 10.3 Å². The molecule has 5 nitrogen and oxygen atoms in total. The average molecular weight is 367 g/mol. The maximum absolute atomic E-state index is 12.5. The minimum Gasteiger partial charge on any atom is -0.379 e. The van der Waals surface area contributed by atoms with Gasteiger partial charge in [-0.05, 0) is 18.4 Å². The Morgan fingerprint density at radius 3 is 3.08 bits per heavy atom. The third kappa shape index (κ3) is 4.42. The lowest BCUT2D eigenvalue weighted by Gasteiger charge is -2.31. The Kier molecular flexibility index (Phi) is 5.99. The Hall–Kier alpha value is -1.28. The summed E-state index contributed by atoms with van der Waals surface area (Å²) in [4.78, 5) is 18.0. The number of amides is 1. The molecule has 0 radical (unpaired) electrons. The predicted octanol–water partition coefficient (Wildman–Crippen LogP) is 3.43. The van der Waals surface area contributed by atoms with Crippen molar-refractivity contribution in [1.29, 1.82) is 0 Å². The Labute approximate surface area is 150 Å². The maximum Gasteiger partial charge on any atom is 0.252 e. The van der Waals surface area contributed by atoms with Crippen LogP contribution in [0.1, 0.15) is 47.1 Å². The van der Waals surface area contributed by atoms with Gasteiger partial charge in [0.15, 0.2) is 0 Å². The van der Waals surface area contributed by atoms with Crippen LogP contribution in [-0.2, 0) is 16.1 Å². The molecule has 2 aromatic rings. The van der Waals surface area contributed by atoms with E-state index in [0.717, 1.165) is 17.7 Å². The molecule has 0 unspecified atom stereocenters. The SMILES string of the molecule is CC(C)c1cc(C(=O)N[C@@H]2CCOC[C@H]2OCc2cscn2)cs1. The van der Waals surface area contributed by atoms with Crippen molar-refractivity contribution in [2.75, 3.05) is 13.2 Å². The predicted molar refractivity (Wildman–Crippen MR) is 95.8 cm³/mol. The van der Waals surface area contributed by atoms with Crippen molar-refractivity contribution >= 4 is 28.6 Å². The van der Waals surface area contributed by atoms with Gasteiger partial charge in [-0.15, -0.1) is 22.7 Å². The van der Waals surface area contributed by atoms with Gasteiger partial charge in [-0.2, -0.15) is 0 Å². The van der Waals surface area contributed by atoms with Gasteiger partial charge < -0.3 is 14.8 Å². The van der Waals surface area contributed by atoms with Crippen LogP contribution in [0.3, 0.4) is 0 Å². The fraction of sp³-hybridized carbons (Fsp3) is 0.529. The number of hydrogen-bond donors (Lipinski definition) is 1. The number of carbonyl (C=O) groups excluding carboxylic acids is 1. The van der Waals surface area contributed by atoms with Gasteiger partial charge in [0.05, 0.1) is 36.0 Å². The molecule has 24 heavy (non-hydrogen) atoms. The van der Waals surface area contributed by atoms with Crippen molar-refractivity contribution in [2.45, 2.75) is 44.9 Å². The molecule has 130 valence electrons. The molecular formula is C17H22N2O3S2. The lowest BCUT2D eigenvalue weighted by molar-refractivity contribution is -0.0742. The number of carbonyl (C=O) groups is 1. The summed E-state index contributed by atoms with van der Waals surface area (Å²) in [6.07, 6.45) is 0.613. The molecule has 1 aliphatic heterocycles. The summed E-state index contributed by atoms with van der Waals surface area (Å²) in [5, 5.41) is 7.01. The molecule has 3 rings (SSSR count). The summed E-state index contributed by atoms with van der Waals surface area (Å²) in [6, 6.07) is 1.95. The first-order chi connectivity index (χ1) is 11.6. The highest BCUT2D eigenvalue weighted by molar-refractivity contribution is 7.10. The number of thiophene rings is 1. The Bertz CT molecular complexity index is 655.